The van der Waals surface area contributed by atoms with Gasteiger partial charge in [-0.05, 0) is 24.3 Å². The molecule has 2 atom stereocenters. The first-order valence-corrected chi connectivity index (χ1v) is 14.9. The number of benzodiazepines with no additional fused rings is 1. The number of halogens is 2. The van der Waals surface area contributed by atoms with Gasteiger partial charge >= 0.3 is 0 Å². The van der Waals surface area contributed by atoms with E-state index in [0.29, 0.717) is 30.7 Å². The summed E-state index contributed by atoms with van der Waals surface area (Å²) >= 11 is 0. The maximum Gasteiger partial charge on any atom is 0.269 e. The van der Waals surface area contributed by atoms with Gasteiger partial charge in [-0.2, -0.15) is 5.10 Å². The molecule has 3 aromatic carbocycles. The fourth-order valence-electron chi connectivity index (χ4n) is 4.87. The summed E-state index contributed by atoms with van der Waals surface area (Å²) in [5.74, 6) is -3.01. The summed E-state index contributed by atoms with van der Waals surface area (Å²) in [6.45, 7) is 0.692. The lowest BCUT2D eigenvalue weighted by Crippen LogP contribution is -2.42. The van der Waals surface area contributed by atoms with Crippen molar-refractivity contribution in [3.63, 3.8) is 0 Å². The number of hydrogen-bond donors (Lipinski definition) is 3. The summed E-state index contributed by atoms with van der Waals surface area (Å²) < 4.78 is 57.3. The van der Waals surface area contributed by atoms with Crippen molar-refractivity contribution in [2.75, 3.05) is 18.2 Å². The van der Waals surface area contributed by atoms with Crippen LogP contribution >= 0.6 is 0 Å². The highest BCUT2D eigenvalue weighted by Gasteiger charge is 2.34. The molecule has 0 aliphatic carbocycles. The number of carbonyl (C=O) groups is 2. The Morgan fingerprint density at radius 3 is 2.62 bits per heavy atom. The number of para-hydroxylation sites is 1. The first-order chi connectivity index (χ1) is 20.1. The molecule has 2 aliphatic rings. The molecule has 1 aromatic heterocycles. The van der Waals surface area contributed by atoms with Crippen LogP contribution in [0.1, 0.15) is 27.9 Å². The number of benzene rings is 3. The summed E-state index contributed by atoms with van der Waals surface area (Å²) in [6.07, 6.45) is 0.287. The van der Waals surface area contributed by atoms with Gasteiger partial charge in [-0.1, -0.05) is 42.5 Å². The lowest BCUT2D eigenvalue weighted by atomic mass is 10.0. The van der Waals surface area contributed by atoms with Crippen LogP contribution in [0.5, 0.6) is 5.88 Å². The number of nitrogens with one attached hydrogen (secondary N) is 3. The number of rotatable bonds is 5. The van der Waals surface area contributed by atoms with Crippen LogP contribution in [0, 0.1) is 16.4 Å². The predicted octanol–water partition coefficient (Wildman–Crippen LogP) is 4.19. The minimum Gasteiger partial charge on any atom is -0.477 e. The number of anilines is 1. The van der Waals surface area contributed by atoms with Gasteiger partial charge in [-0.25, -0.2) is 27.4 Å². The van der Waals surface area contributed by atoms with E-state index in [1.807, 2.05) is 0 Å². The van der Waals surface area contributed by atoms with Crippen LogP contribution in [-0.4, -0.2) is 50.5 Å². The van der Waals surface area contributed by atoms with Crippen molar-refractivity contribution in [1.82, 2.24) is 15.1 Å². The number of aryl methyl sites for hydroxylation is 1. The summed E-state index contributed by atoms with van der Waals surface area (Å²) in [7, 11) is -3.19. The van der Waals surface area contributed by atoms with Gasteiger partial charge in [-0.15, -0.1) is 0 Å². The van der Waals surface area contributed by atoms with E-state index in [1.54, 1.807) is 36.4 Å². The summed E-state index contributed by atoms with van der Waals surface area (Å²) in [5.41, 5.74) is 0.878. The number of aliphatic imine (C=N–C) groups is 1. The van der Waals surface area contributed by atoms with Gasteiger partial charge in [0.05, 0.1) is 27.7 Å². The standard InChI is InChI=1S/C29H24F2N6O4S/c1-42(32,40)17-11-12-18(21(31)15-17)25-22(29-37(36-25)13-6-14-41-29)27(38)35-26-28(39)34-24-19(9-5-10-20(24)30)23(33-26)16-7-3-2-4-8-16/h2-5,7-12,15,26,32H,6,13-14H2,1H3,(H,34,39)(H,35,38)/t26-,42?/m1/s1. The topological polar surface area (TPSA) is 139 Å². The molecule has 10 nitrogen and oxygen atoms in total. The van der Waals surface area contributed by atoms with Gasteiger partial charge in [0.25, 0.3) is 11.8 Å². The maximum atomic E-state index is 15.3. The van der Waals surface area contributed by atoms with E-state index < -0.39 is 39.3 Å². The normalized spacial score (nSPS) is 17.5. The Hall–Kier alpha value is -4.91. The minimum absolute atomic E-state index is 0.0142. The van der Waals surface area contributed by atoms with Crippen LogP contribution in [0.4, 0.5) is 14.5 Å². The van der Waals surface area contributed by atoms with E-state index in [0.717, 1.165) is 6.07 Å². The molecule has 3 N–H and O–H groups in total. The molecule has 0 spiro atoms. The van der Waals surface area contributed by atoms with E-state index in [4.69, 9.17) is 9.52 Å². The number of nitrogens with zero attached hydrogens (tertiary/aromatic N) is 3. The number of ether oxygens (including phenoxy) is 1. The number of amides is 2. The van der Waals surface area contributed by atoms with Gasteiger partial charge in [0.2, 0.25) is 12.0 Å². The lowest BCUT2D eigenvalue weighted by molar-refractivity contribution is -0.117. The van der Waals surface area contributed by atoms with E-state index in [-0.39, 0.29) is 39.0 Å². The Morgan fingerprint density at radius 1 is 1.10 bits per heavy atom. The second kappa shape index (κ2) is 10.5. The smallest absolute Gasteiger partial charge is 0.269 e. The molecule has 13 heteroatoms. The Morgan fingerprint density at radius 2 is 1.88 bits per heavy atom. The Labute approximate surface area is 239 Å². The zero-order valence-corrected chi connectivity index (χ0v) is 23.0. The summed E-state index contributed by atoms with van der Waals surface area (Å²) in [6, 6.07) is 16.8. The third kappa shape index (κ3) is 4.91. The molecule has 4 aromatic rings. The number of carbonyl (C=O) groups excluding carboxylic acids is 2. The molecule has 3 heterocycles. The average Bonchev–Trinajstić information content (AvgIpc) is 3.29. The highest BCUT2D eigenvalue weighted by molar-refractivity contribution is 7.91. The van der Waals surface area contributed by atoms with Crippen molar-refractivity contribution in [1.29, 1.82) is 4.78 Å². The highest BCUT2D eigenvalue weighted by atomic mass is 32.2. The molecular formula is C29H24F2N6O4S. The van der Waals surface area contributed by atoms with Crippen molar-refractivity contribution in [3.8, 4) is 17.1 Å². The van der Waals surface area contributed by atoms with Gasteiger partial charge in [0.15, 0.2) is 0 Å². The van der Waals surface area contributed by atoms with Crippen molar-refractivity contribution in [2.24, 2.45) is 4.99 Å². The van der Waals surface area contributed by atoms with Crippen LogP contribution in [0.2, 0.25) is 0 Å². The van der Waals surface area contributed by atoms with E-state index in [1.165, 1.54) is 35.2 Å². The second-order valence-electron chi connectivity index (χ2n) is 9.81. The fraction of sp³-hybridized carbons (Fsp3) is 0.172. The number of aromatic nitrogens is 2. The number of hydrogen-bond acceptors (Lipinski definition) is 7. The lowest BCUT2D eigenvalue weighted by Gasteiger charge is -2.17. The molecule has 1 unspecified atom stereocenters. The maximum absolute atomic E-state index is 15.3. The van der Waals surface area contributed by atoms with Gasteiger partial charge in [-0.3, -0.25) is 9.59 Å². The Bertz CT molecular complexity index is 1890. The van der Waals surface area contributed by atoms with Gasteiger partial charge < -0.3 is 15.4 Å². The average molecular weight is 591 g/mol. The molecule has 42 heavy (non-hydrogen) atoms. The van der Waals surface area contributed by atoms with Crippen LogP contribution in [-0.2, 0) is 21.1 Å². The van der Waals surface area contributed by atoms with Crippen LogP contribution in [0.25, 0.3) is 11.3 Å². The minimum atomic E-state index is -3.19. The van der Waals surface area contributed by atoms with E-state index in [9.17, 15) is 18.2 Å². The first kappa shape index (κ1) is 27.3. The molecular weight excluding hydrogens is 566 g/mol. The SMILES string of the molecule is CS(=N)(=O)c1ccc(-c2nn3c(c2C(=O)N[C@H]2N=C(c4ccccc4)c4cccc(F)c4NC2=O)OCCC3)c(F)c1. The van der Waals surface area contributed by atoms with Gasteiger partial charge in [0, 0.05) is 40.8 Å². The van der Waals surface area contributed by atoms with Crippen LogP contribution in [0.3, 0.4) is 0 Å². The zero-order valence-electron chi connectivity index (χ0n) is 22.2. The zero-order chi connectivity index (χ0) is 29.6. The molecule has 0 saturated heterocycles. The molecule has 2 aliphatic heterocycles. The molecule has 6 rings (SSSR count). The summed E-state index contributed by atoms with van der Waals surface area (Å²) in [5, 5.41) is 9.54. The van der Waals surface area contributed by atoms with Crippen molar-refractivity contribution < 1.29 is 27.3 Å². The second-order valence-corrected chi connectivity index (χ2v) is 12.0. The van der Waals surface area contributed by atoms with Crippen LogP contribution < -0.4 is 15.4 Å². The third-order valence-corrected chi connectivity index (χ3v) is 8.02. The molecule has 0 bridgehead atoms. The monoisotopic (exact) mass is 590 g/mol. The molecule has 0 saturated carbocycles. The molecule has 0 radical (unpaired) electrons. The molecule has 214 valence electrons. The highest BCUT2D eigenvalue weighted by Crippen LogP contribution is 2.35. The Balaban J connectivity index is 1.43. The van der Waals surface area contributed by atoms with Crippen molar-refractivity contribution in [2.45, 2.75) is 24.0 Å². The van der Waals surface area contributed by atoms with Crippen molar-refractivity contribution >= 4 is 32.9 Å². The molecule has 0 fully saturated rings. The quantitative estimate of drug-likeness (QED) is 0.320. The van der Waals surface area contributed by atoms with E-state index in [2.05, 4.69) is 20.7 Å². The molecule has 2 amide bonds. The van der Waals surface area contributed by atoms with Crippen molar-refractivity contribution in [3.05, 3.63) is 95.1 Å². The number of fused-ring (bicyclic) bond motifs is 2. The van der Waals surface area contributed by atoms with Gasteiger partial charge in [0.1, 0.15) is 22.9 Å². The fourth-order valence-corrected chi connectivity index (χ4v) is 5.52. The van der Waals surface area contributed by atoms with E-state index >= 15 is 4.39 Å². The predicted molar refractivity (Wildman–Crippen MR) is 151 cm³/mol. The largest absolute Gasteiger partial charge is 0.477 e. The third-order valence-electron chi connectivity index (χ3n) is 6.87. The first-order valence-electron chi connectivity index (χ1n) is 12.9. The van der Waals surface area contributed by atoms with Crippen LogP contribution in [0.15, 0.2) is 76.6 Å². The summed E-state index contributed by atoms with van der Waals surface area (Å²) in [4.78, 5) is 31.7. The Kier molecular flexibility index (Phi) is 6.81.